The van der Waals surface area contributed by atoms with Crippen LogP contribution in [0.1, 0.15) is 37.1 Å². The number of halogens is 1. The van der Waals surface area contributed by atoms with Crippen molar-refractivity contribution in [1.29, 1.82) is 0 Å². The molecule has 2 aromatic rings. The van der Waals surface area contributed by atoms with Crippen LogP contribution in [0.5, 0.6) is 0 Å². The standard InChI is InChI=1S/C15H18BrNO/c1-3-17-14(10-5-6-10)13-8-11-12(16)7-4-9(2)15(11)18-13/h4,7-8,10,14,17H,3,5-6H2,1-2H3. The molecule has 1 aromatic carbocycles. The van der Waals surface area contributed by atoms with Crippen molar-refractivity contribution in [2.75, 3.05) is 6.54 Å². The molecule has 1 aliphatic carbocycles. The molecule has 1 aliphatic rings. The quantitative estimate of drug-likeness (QED) is 0.895. The maximum atomic E-state index is 6.10. The van der Waals surface area contributed by atoms with E-state index >= 15 is 0 Å². The van der Waals surface area contributed by atoms with Crippen LogP contribution in [0, 0.1) is 12.8 Å². The topological polar surface area (TPSA) is 25.2 Å². The molecule has 3 heteroatoms. The van der Waals surface area contributed by atoms with Crippen LogP contribution in [0.4, 0.5) is 0 Å². The molecule has 0 bridgehead atoms. The number of aryl methyl sites for hydroxylation is 1. The monoisotopic (exact) mass is 307 g/mol. The lowest BCUT2D eigenvalue weighted by molar-refractivity contribution is 0.403. The van der Waals surface area contributed by atoms with E-state index in [9.17, 15) is 0 Å². The van der Waals surface area contributed by atoms with Gasteiger partial charge in [-0.3, -0.25) is 0 Å². The summed E-state index contributed by atoms with van der Waals surface area (Å²) in [4.78, 5) is 0. The minimum absolute atomic E-state index is 0.383. The van der Waals surface area contributed by atoms with Crippen LogP contribution in [0.15, 0.2) is 27.1 Å². The largest absolute Gasteiger partial charge is 0.459 e. The first-order chi connectivity index (χ1) is 8.70. The van der Waals surface area contributed by atoms with Gasteiger partial charge in [0.1, 0.15) is 11.3 Å². The summed E-state index contributed by atoms with van der Waals surface area (Å²) in [5, 5.41) is 4.74. The second kappa shape index (κ2) is 4.71. The highest BCUT2D eigenvalue weighted by Crippen LogP contribution is 2.43. The van der Waals surface area contributed by atoms with E-state index < -0.39 is 0 Å². The van der Waals surface area contributed by atoms with E-state index in [0.717, 1.165) is 28.3 Å². The zero-order valence-corrected chi connectivity index (χ0v) is 12.4. The van der Waals surface area contributed by atoms with Crippen molar-refractivity contribution in [3.63, 3.8) is 0 Å². The molecule has 1 unspecified atom stereocenters. The third kappa shape index (κ3) is 2.10. The highest BCUT2D eigenvalue weighted by atomic mass is 79.9. The van der Waals surface area contributed by atoms with Gasteiger partial charge in [-0.2, -0.15) is 0 Å². The van der Waals surface area contributed by atoms with E-state index in [1.54, 1.807) is 0 Å². The molecular weight excluding hydrogens is 290 g/mol. The van der Waals surface area contributed by atoms with Gasteiger partial charge in [-0.1, -0.05) is 28.9 Å². The third-order valence-corrected chi connectivity index (χ3v) is 4.36. The lowest BCUT2D eigenvalue weighted by Crippen LogP contribution is -2.21. The SMILES string of the molecule is CCNC(c1cc2c(Br)ccc(C)c2o1)C1CC1. The zero-order chi connectivity index (χ0) is 12.7. The van der Waals surface area contributed by atoms with E-state index in [4.69, 9.17) is 4.42 Å². The van der Waals surface area contributed by atoms with Gasteiger partial charge in [0.25, 0.3) is 0 Å². The smallest absolute Gasteiger partial charge is 0.138 e. The Morgan fingerprint density at radius 2 is 2.22 bits per heavy atom. The highest BCUT2D eigenvalue weighted by Gasteiger charge is 2.34. The first-order valence-electron chi connectivity index (χ1n) is 6.62. The minimum atomic E-state index is 0.383. The van der Waals surface area contributed by atoms with Crippen LogP contribution in [0.3, 0.4) is 0 Å². The van der Waals surface area contributed by atoms with Crippen molar-refractivity contribution in [2.24, 2.45) is 5.92 Å². The Balaban J connectivity index is 2.06. The molecule has 2 nitrogen and oxygen atoms in total. The molecule has 1 fully saturated rings. The molecule has 1 atom stereocenters. The van der Waals surface area contributed by atoms with E-state index in [0.29, 0.717) is 6.04 Å². The normalized spacial score (nSPS) is 17.3. The molecule has 96 valence electrons. The summed E-state index contributed by atoms with van der Waals surface area (Å²) in [7, 11) is 0. The third-order valence-electron chi connectivity index (χ3n) is 3.67. The number of hydrogen-bond acceptors (Lipinski definition) is 2. The Kier molecular flexibility index (Phi) is 3.20. The maximum absolute atomic E-state index is 6.10. The van der Waals surface area contributed by atoms with Crippen LogP contribution >= 0.6 is 15.9 Å². The van der Waals surface area contributed by atoms with Gasteiger partial charge in [0.15, 0.2) is 0 Å². The lowest BCUT2D eigenvalue weighted by Gasteiger charge is -2.13. The Bertz CT molecular complexity index is 532. The van der Waals surface area contributed by atoms with Crippen LogP contribution in [-0.2, 0) is 0 Å². The average molecular weight is 308 g/mol. The molecule has 0 saturated heterocycles. The fourth-order valence-corrected chi connectivity index (χ4v) is 2.97. The van der Waals surface area contributed by atoms with Crippen molar-refractivity contribution in [3.05, 3.63) is 34.0 Å². The number of rotatable bonds is 4. The van der Waals surface area contributed by atoms with Gasteiger partial charge >= 0.3 is 0 Å². The Morgan fingerprint density at radius 3 is 2.83 bits per heavy atom. The van der Waals surface area contributed by atoms with Crippen molar-refractivity contribution >= 4 is 26.9 Å². The van der Waals surface area contributed by atoms with Crippen LogP contribution in [-0.4, -0.2) is 6.54 Å². The highest BCUT2D eigenvalue weighted by molar-refractivity contribution is 9.10. The zero-order valence-electron chi connectivity index (χ0n) is 10.8. The second-order valence-electron chi connectivity index (χ2n) is 5.13. The number of benzene rings is 1. The molecule has 0 aliphatic heterocycles. The summed E-state index contributed by atoms with van der Waals surface area (Å²) in [6.45, 7) is 5.24. The summed E-state index contributed by atoms with van der Waals surface area (Å²) in [6, 6.07) is 6.77. The molecule has 0 spiro atoms. The first kappa shape index (κ1) is 12.2. The van der Waals surface area contributed by atoms with Gasteiger partial charge < -0.3 is 9.73 Å². The van der Waals surface area contributed by atoms with E-state index in [1.165, 1.54) is 23.8 Å². The van der Waals surface area contributed by atoms with Gasteiger partial charge in [-0.25, -0.2) is 0 Å². The molecule has 1 N–H and O–H groups in total. The van der Waals surface area contributed by atoms with Gasteiger partial charge in [0.2, 0.25) is 0 Å². The van der Waals surface area contributed by atoms with Gasteiger partial charge in [0.05, 0.1) is 6.04 Å². The van der Waals surface area contributed by atoms with Crippen molar-refractivity contribution < 1.29 is 4.42 Å². The summed E-state index contributed by atoms with van der Waals surface area (Å²) in [6.07, 6.45) is 2.63. The Hall–Kier alpha value is -0.800. The van der Waals surface area contributed by atoms with Crippen molar-refractivity contribution in [3.8, 4) is 0 Å². The predicted molar refractivity (Wildman–Crippen MR) is 77.8 cm³/mol. The summed E-state index contributed by atoms with van der Waals surface area (Å²) < 4.78 is 7.22. The minimum Gasteiger partial charge on any atom is -0.459 e. The van der Waals surface area contributed by atoms with Crippen LogP contribution < -0.4 is 5.32 Å². The number of fused-ring (bicyclic) bond motifs is 1. The van der Waals surface area contributed by atoms with Crippen molar-refractivity contribution in [1.82, 2.24) is 5.32 Å². The van der Waals surface area contributed by atoms with Crippen LogP contribution in [0.2, 0.25) is 0 Å². The van der Waals surface area contributed by atoms with E-state index in [1.807, 2.05) is 0 Å². The fraction of sp³-hybridized carbons (Fsp3) is 0.467. The van der Waals surface area contributed by atoms with Gasteiger partial charge in [0, 0.05) is 9.86 Å². The number of furan rings is 1. The molecule has 1 saturated carbocycles. The molecule has 18 heavy (non-hydrogen) atoms. The summed E-state index contributed by atoms with van der Waals surface area (Å²) >= 11 is 3.60. The molecule has 1 aromatic heterocycles. The van der Waals surface area contributed by atoms with Crippen LogP contribution in [0.25, 0.3) is 11.0 Å². The van der Waals surface area contributed by atoms with Gasteiger partial charge in [-0.15, -0.1) is 0 Å². The Labute approximate surface area is 116 Å². The van der Waals surface area contributed by atoms with Crippen molar-refractivity contribution in [2.45, 2.75) is 32.7 Å². The predicted octanol–water partition coefficient (Wildman–Crippen LogP) is 4.56. The van der Waals surface area contributed by atoms with Gasteiger partial charge in [-0.05, 0) is 49.9 Å². The fourth-order valence-electron chi connectivity index (χ4n) is 2.55. The molecular formula is C15H18BrNO. The average Bonchev–Trinajstić information content (AvgIpc) is 3.09. The second-order valence-corrected chi connectivity index (χ2v) is 5.98. The summed E-state index contributed by atoms with van der Waals surface area (Å²) in [5.41, 5.74) is 2.22. The maximum Gasteiger partial charge on any atom is 0.138 e. The Morgan fingerprint density at radius 1 is 1.44 bits per heavy atom. The van der Waals surface area contributed by atoms with E-state index in [-0.39, 0.29) is 0 Å². The number of hydrogen-bond donors (Lipinski definition) is 1. The summed E-state index contributed by atoms with van der Waals surface area (Å²) in [5.74, 6) is 1.84. The number of nitrogens with one attached hydrogen (secondary N) is 1. The van der Waals surface area contributed by atoms with E-state index in [2.05, 4.69) is 53.3 Å². The molecule has 0 amide bonds. The molecule has 1 heterocycles. The lowest BCUT2D eigenvalue weighted by atomic mass is 10.1. The molecule has 0 radical (unpaired) electrons. The first-order valence-corrected chi connectivity index (χ1v) is 7.42. The molecule has 3 rings (SSSR count).